The molecule has 0 atom stereocenters. The SMILES string of the molecule is CCS(=O)(=O)c1cc(C2(c3cccc(C(N)=O)c3C)CC2)c2ccccc2c1. The Morgan fingerprint density at radius 2 is 1.75 bits per heavy atom. The molecule has 0 bridgehead atoms. The largest absolute Gasteiger partial charge is 0.366 e. The molecule has 0 spiro atoms. The fourth-order valence-corrected chi connectivity index (χ4v) is 5.19. The fourth-order valence-electron chi connectivity index (χ4n) is 4.26. The van der Waals surface area contributed by atoms with Crippen molar-refractivity contribution >= 4 is 26.5 Å². The zero-order chi connectivity index (χ0) is 20.1. The first-order chi connectivity index (χ1) is 13.3. The maximum absolute atomic E-state index is 12.6. The summed E-state index contributed by atoms with van der Waals surface area (Å²) < 4.78 is 25.3. The van der Waals surface area contributed by atoms with Crippen LogP contribution in [0, 0.1) is 6.92 Å². The number of hydrogen-bond donors (Lipinski definition) is 1. The van der Waals surface area contributed by atoms with Gasteiger partial charge in [-0.05, 0) is 65.4 Å². The summed E-state index contributed by atoms with van der Waals surface area (Å²) in [5.41, 5.74) is 8.74. The molecule has 0 radical (unpaired) electrons. The summed E-state index contributed by atoms with van der Waals surface area (Å²) in [6, 6.07) is 17.1. The predicted octanol–water partition coefficient (Wildman–Crippen LogP) is 4.12. The first-order valence-electron chi connectivity index (χ1n) is 9.46. The maximum atomic E-state index is 12.6. The molecule has 0 aliphatic heterocycles. The predicted molar refractivity (Wildman–Crippen MR) is 111 cm³/mol. The number of amides is 1. The van der Waals surface area contributed by atoms with E-state index in [1.807, 2.05) is 49.4 Å². The number of carbonyl (C=O) groups is 1. The summed E-state index contributed by atoms with van der Waals surface area (Å²) in [6.07, 6.45) is 1.82. The molecule has 0 unspecified atom stereocenters. The summed E-state index contributed by atoms with van der Waals surface area (Å²) in [5, 5.41) is 1.97. The van der Waals surface area contributed by atoms with E-state index in [1.54, 1.807) is 19.1 Å². The Balaban J connectivity index is 2.02. The molecule has 3 aromatic rings. The molecule has 144 valence electrons. The van der Waals surface area contributed by atoms with Gasteiger partial charge in [0.2, 0.25) is 5.91 Å². The number of rotatable bonds is 5. The molecule has 4 rings (SSSR count). The summed E-state index contributed by atoms with van der Waals surface area (Å²) >= 11 is 0. The van der Waals surface area contributed by atoms with Gasteiger partial charge >= 0.3 is 0 Å². The highest BCUT2D eigenvalue weighted by Gasteiger charge is 2.48. The third-order valence-electron chi connectivity index (χ3n) is 5.95. The van der Waals surface area contributed by atoms with Crippen molar-refractivity contribution in [3.05, 3.63) is 76.9 Å². The lowest BCUT2D eigenvalue weighted by Gasteiger charge is -2.23. The van der Waals surface area contributed by atoms with E-state index in [0.717, 1.165) is 40.3 Å². The average Bonchev–Trinajstić information content (AvgIpc) is 3.48. The van der Waals surface area contributed by atoms with E-state index in [-0.39, 0.29) is 11.2 Å². The molecule has 1 fully saturated rings. The number of sulfone groups is 1. The number of nitrogens with two attached hydrogens (primary N) is 1. The van der Waals surface area contributed by atoms with Crippen molar-refractivity contribution in [2.75, 3.05) is 5.75 Å². The third-order valence-corrected chi connectivity index (χ3v) is 7.67. The van der Waals surface area contributed by atoms with Crippen LogP contribution in [-0.4, -0.2) is 20.1 Å². The number of benzene rings is 3. The Bertz CT molecular complexity index is 1210. The Hall–Kier alpha value is -2.66. The van der Waals surface area contributed by atoms with Crippen LogP contribution in [0.1, 0.15) is 46.8 Å². The lowest BCUT2D eigenvalue weighted by molar-refractivity contribution is 0.0999. The van der Waals surface area contributed by atoms with E-state index < -0.39 is 15.7 Å². The Morgan fingerprint density at radius 3 is 2.39 bits per heavy atom. The van der Waals surface area contributed by atoms with Crippen LogP contribution >= 0.6 is 0 Å². The molecular weight excluding hydrogens is 370 g/mol. The van der Waals surface area contributed by atoms with Crippen LogP contribution in [0.25, 0.3) is 10.8 Å². The van der Waals surface area contributed by atoms with Crippen LogP contribution in [0.2, 0.25) is 0 Å². The molecule has 0 saturated heterocycles. The summed E-state index contributed by atoms with van der Waals surface area (Å²) in [5.74, 6) is -0.379. The third kappa shape index (κ3) is 2.81. The second-order valence-electron chi connectivity index (χ2n) is 7.52. The van der Waals surface area contributed by atoms with Crippen LogP contribution in [0.3, 0.4) is 0 Å². The van der Waals surface area contributed by atoms with Crippen molar-refractivity contribution in [2.45, 2.75) is 37.0 Å². The molecule has 28 heavy (non-hydrogen) atoms. The molecule has 2 N–H and O–H groups in total. The molecule has 4 nitrogen and oxygen atoms in total. The van der Waals surface area contributed by atoms with Gasteiger partial charge in [-0.3, -0.25) is 4.79 Å². The minimum Gasteiger partial charge on any atom is -0.366 e. The molecule has 0 heterocycles. The van der Waals surface area contributed by atoms with Gasteiger partial charge in [0.15, 0.2) is 9.84 Å². The molecule has 1 aliphatic carbocycles. The van der Waals surface area contributed by atoms with Gasteiger partial charge in [-0.2, -0.15) is 0 Å². The normalized spacial score (nSPS) is 15.5. The minimum atomic E-state index is -3.33. The molecule has 5 heteroatoms. The Kier molecular flexibility index (Phi) is 4.31. The summed E-state index contributed by atoms with van der Waals surface area (Å²) in [4.78, 5) is 12.2. The van der Waals surface area contributed by atoms with Crippen molar-refractivity contribution in [1.29, 1.82) is 0 Å². The number of fused-ring (bicyclic) bond motifs is 1. The smallest absolute Gasteiger partial charge is 0.248 e. The molecule has 3 aromatic carbocycles. The van der Waals surface area contributed by atoms with Crippen molar-refractivity contribution in [1.82, 2.24) is 0 Å². The highest BCUT2D eigenvalue weighted by Crippen LogP contribution is 2.56. The Morgan fingerprint density at radius 1 is 1.04 bits per heavy atom. The number of hydrogen-bond acceptors (Lipinski definition) is 3. The van der Waals surface area contributed by atoms with Crippen LogP contribution in [0.4, 0.5) is 0 Å². The zero-order valence-electron chi connectivity index (χ0n) is 16.0. The zero-order valence-corrected chi connectivity index (χ0v) is 16.8. The lowest BCUT2D eigenvalue weighted by Crippen LogP contribution is -2.18. The molecule has 1 amide bonds. The van der Waals surface area contributed by atoms with Gasteiger partial charge in [0.1, 0.15) is 0 Å². The van der Waals surface area contributed by atoms with E-state index in [9.17, 15) is 13.2 Å². The van der Waals surface area contributed by atoms with Gasteiger partial charge in [0.05, 0.1) is 10.6 Å². The van der Waals surface area contributed by atoms with E-state index in [4.69, 9.17) is 5.73 Å². The average molecular weight is 394 g/mol. The standard InChI is InChI=1S/C23H23NO3S/c1-3-28(26,27)17-13-16-7-4-5-8-19(16)21(14-17)23(11-12-23)20-10-6-9-18(15(20)2)22(24)25/h4-10,13-14H,3,11-12H2,1-2H3,(H2,24,25). The minimum absolute atomic E-state index is 0.0635. The fraction of sp³-hybridized carbons (Fsp3) is 0.261. The Labute approximate surface area is 165 Å². The van der Waals surface area contributed by atoms with Crippen LogP contribution in [-0.2, 0) is 15.3 Å². The van der Waals surface area contributed by atoms with Gasteiger partial charge < -0.3 is 5.73 Å². The van der Waals surface area contributed by atoms with E-state index in [2.05, 4.69) is 0 Å². The second kappa shape index (κ2) is 6.45. The van der Waals surface area contributed by atoms with E-state index in [0.29, 0.717) is 10.5 Å². The molecule has 1 aliphatic rings. The highest BCUT2D eigenvalue weighted by atomic mass is 32.2. The van der Waals surface area contributed by atoms with Crippen LogP contribution in [0.5, 0.6) is 0 Å². The summed E-state index contributed by atoms with van der Waals surface area (Å²) in [7, 11) is -3.33. The molecule has 1 saturated carbocycles. The lowest BCUT2D eigenvalue weighted by atomic mass is 9.81. The maximum Gasteiger partial charge on any atom is 0.248 e. The quantitative estimate of drug-likeness (QED) is 0.708. The van der Waals surface area contributed by atoms with Gasteiger partial charge in [0, 0.05) is 11.0 Å². The summed E-state index contributed by atoms with van der Waals surface area (Å²) in [6.45, 7) is 3.59. The highest BCUT2D eigenvalue weighted by molar-refractivity contribution is 7.91. The molecular formula is C23H23NO3S. The van der Waals surface area contributed by atoms with Crippen LogP contribution < -0.4 is 5.73 Å². The van der Waals surface area contributed by atoms with Crippen molar-refractivity contribution < 1.29 is 13.2 Å². The van der Waals surface area contributed by atoms with Gasteiger partial charge in [0.25, 0.3) is 0 Å². The van der Waals surface area contributed by atoms with Crippen molar-refractivity contribution in [2.24, 2.45) is 5.73 Å². The van der Waals surface area contributed by atoms with E-state index in [1.165, 1.54) is 0 Å². The van der Waals surface area contributed by atoms with Crippen molar-refractivity contribution in [3.8, 4) is 0 Å². The topological polar surface area (TPSA) is 77.2 Å². The van der Waals surface area contributed by atoms with E-state index >= 15 is 0 Å². The van der Waals surface area contributed by atoms with Gasteiger partial charge in [-0.1, -0.05) is 43.3 Å². The van der Waals surface area contributed by atoms with Gasteiger partial charge in [-0.25, -0.2) is 8.42 Å². The first-order valence-corrected chi connectivity index (χ1v) is 11.1. The van der Waals surface area contributed by atoms with Gasteiger partial charge in [-0.15, -0.1) is 0 Å². The van der Waals surface area contributed by atoms with Crippen LogP contribution in [0.15, 0.2) is 59.5 Å². The first kappa shape index (κ1) is 18.7. The number of primary amides is 1. The molecule has 0 aromatic heterocycles. The van der Waals surface area contributed by atoms with Crippen molar-refractivity contribution in [3.63, 3.8) is 0 Å². The number of carbonyl (C=O) groups excluding carboxylic acids is 1. The second-order valence-corrected chi connectivity index (χ2v) is 9.80. The monoisotopic (exact) mass is 393 g/mol.